The summed E-state index contributed by atoms with van der Waals surface area (Å²) < 4.78 is 26.3. The number of aromatic hydroxyl groups is 1. The van der Waals surface area contributed by atoms with Gasteiger partial charge in [0.2, 0.25) is 23.6 Å². The third-order valence-corrected chi connectivity index (χ3v) is 12.8. The van der Waals surface area contributed by atoms with E-state index < -0.39 is 64.3 Å². The molecule has 0 aromatic heterocycles. The number of rotatable bonds is 8. The number of anilines is 2. The van der Waals surface area contributed by atoms with Crippen LogP contribution in [0.3, 0.4) is 0 Å². The third-order valence-electron chi connectivity index (χ3n) is 12.5. The normalized spacial score (nSPS) is 24.9. The lowest BCUT2D eigenvalue weighted by Crippen LogP contribution is -2.53. The predicted molar refractivity (Wildman–Crippen MR) is 222 cm³/mol. The van der Waals surface area contributed by atoms with Crippen molar-refractivity contribution in [2.24, 2.45) is 23.7 Å². The first-order valence-corrected chi connectivity index (χ1v) is 19.7. The zero-order chi connectivity index (χ0) is 41.2. The topological polar surface area (TPSA) is 113 Å². The molecule has 59 heavy (non-hydrogen) atoms. The molecule has 1 N–H and O–H groups in total. The Labute approximate surface area is 344 Å². The summed E-state index contributed by atoms with van der Waals surface area (Å²) in [5.74, 6) is -5.97. The molecular formula is C48H38ClFN2O7. The number of allylic oxidation sites excluding steroid dienone is 2. The predicted octanol–water partition coefficient (Wildman–Crippen LogP) is 8.74. The summed E-state index contributed by atoms with van der Waals surface area (Å²) in [5.41, 5.74) is 2.37. The highest BCUT2D eigenvalue weighted by Crippen LogP contribution is 2.64. The maximum Gasteiger partial charge on any atom is 0.246 e. The van der Waals surface area contributed by atoms with Crippen molar-refractivity contribution < 1.29 is 38.1 Å². The molecule has 5 aromatic rings. The van der Waals surface area contributed by atoms with E-state index in [0.29, 0.717) is 44.6 Å². The Hall–Kier alpha value is -6.52. The van der Waals surface area contributed by atoms with Gasteiger partial charge in [0.15, 0.2) is 11.6 Å². The van der Waals surface area contributed by atoms with Crippen molar-refractivity contribution in [3.05, 3.63) is 160 Å². The van der Waals surface area contributed by atoms with Crippen LogP contribution in [0.1, 0.15) is 41.0 Å². The van der Waals surface area contributed by atoms with Gasteiger partial charge in [-0.1, -0.05) is 90.0 Å². The number of hydrogen-bond donors (Lipinski definition) is 1. The van der Waals surface area contributed by atoms with E-state index in [4.69, 9.17) is 21.1 Å². The van der Waals surface area contributed by atoms with Gasteiger partial charge in [-0.05, 0) is 96.1 Å². The molecule has 0 radical (unpaired) electrons. The molecule has 6 unspecified atom stereocenters. The second kappa shape index (κ2) is 14.7. The number of phenolic OH excluding ortho intramolecular Hbond substituents is 1. The molecule has 5 aromatic carbocycles. The van der Waals surface area contributed by atoms with E-state index in [9.17, 15) is 19.5 Å². The average molecular weight is 809 g/mol. The number of benzene rings is 5. The first-order valence-electron chi connectivity index (χ1n) is 19.3. The van der Waals surface area contributed by atoms with Crippen LogP contribution in [0.2, 0.25) is 5.02 Å². The number of imide groups is 2. The second-order valence-electron chi connectivity index (χ2n) is 15.3. The van der Waals surface area contributed by atoms with E-state index in [1.807, 2.05) is 54.6 Å². The van der Waals surface area contributed by atoms with Gasteiger partial charge in [-0.3, -0.25) is 24.1 Å². The van der Waals surface area contributed by atoms with E-state index in [1.165, 1.54) is 17.0 Å². The number of halogens is 2. The van der Waals surface area contributed by atoms with Gasteiger partial charge in [0.25, 0.3) is 0 Å². The number of ether oxygens (including phenoxy) is 2. The summed E-state index contributed by atoms with van der Waals surface area (Å²) >= 11 is 6.40. The van der Waals surface area contributed by atoms with Crippen LogP contribution in [0.4, 0.5) is 15.8 Å². The molecule has 0 bridgehead atoms. The molecule has 4 aliphatic rings. The molecule has 2 saturated heterocycles. The summed E-state index contributed by atoms with van der Waals surface area (Å²) in [7, 11) is 3.18. The lowest BCUT2D eigenvalue weighted by molar-refractivity contribution is -0.127. The first-order chi connectivity index (χ1) is 28.6. The Bertz CT molecular complexity index is 2610. The second-order valence-corrected chi connectivity index (χ2v) is 15.8. The Kier molecular flexibility index (Phi) is 9.47. The number of carbonyl (C=O) groups excluding carboxylic acids is 4. The number of fused-ring (bicyclic) bond motifs is 4. The Morgan fingerprint density at radius 2 is 1.54 bits per heavy atom. The van der Waals surface area contributed by atoms with Crippen molar-refractivity contribution in [1.82, 2.24) is 0 Å². The molecule has 3 fully saturated rings. The van der Waals surface area contributed by atoms with Gasteiger partial charge in [-0.25, -0.2) is 9.29 Å². The van der Waals surface area contributed by atoms with Crippen LogP contribution in [-0.4, -0.2) is 43.0 Å². The number of carbonyl (C=O) groups is 4. The molecule has 2 aliphatic carbocycles. The number of hydrogen-bond acceptors (Lipinski definition) is 7. The van der Waals surface area contributed by atoms with Crippen LogP contribution >= 0.6 is 11.6 Å². The first kappa shape index (κ1) is 38.0. The Morgan fingerprint density at radius 1 is 0.763 bits per heavy atom. The lowest BCUT2D eigenvalue weighted by Gasteiger charge is -2.50. The minimum atomic E-state index is -1.57. The van der Waals surface area contributed by atoms with Crippen molar-refractivity contribution in [3.8, 4) is 17.2 Å². The maximum absolute atomic E-state index is 15.4. The third kappa shape index (κ3) is 5.96. The quantitative estimate of drug-likeness (QED) is 0.0948. The highest BCUT2D eigenvalue weighted by molar-refractivity contribution is 6.32. The van der Waals surface area contributed by atoms with Gasteiger partial charge < -0.3 is 14.6 Å². The fourth-order valence-corrected chi connectivity index (χ4v) is 10.2. The Morgan fingerprint density at radius 3 is 2.25 bits per heavy atom. The van der Waals surface area contributed by atoms with Gasteiger partial charge in [0.05, 0.1) is 48.8 Å². The summed E-state index contributed by atoms with van der Waals surface area (Å²) in [6, 6.07) is 32.1. The monoisotopic (exact) mass is 808 g/mol. The summed E-state index contributed by atoms with van der Waals surface area (Å²) in [5, 5.41) is 10.6. The van der Waals surface area contributed by atoms with E-state index in [0.717, 1.165) is 16.0 Å². The molecule has 9 nitrogen and oxygen atoms in total. The molecule has 9 rings (SSSR count). The SMILES string of the molecule is COc1ccc(OC)c(C=Cc2ccc(N3C(=O)C4CC=C5C(CC6C(=O)N(c7cccc(Cl)c7)C(=O)C6(c6ccccc6)C5c5ccc(O)c(F)c5)C4C3=O)cc2)c1. The number of amides is 4. The lowest BCUT2D eigenvalue weighted by atomic mass is 9.49. The number of methoxy groups -OCH3 is 2. The van der Waals surface area contributed by atoms with Crippen LogP contribution in [0.15, 0.2) is 127 Å². The van der Waals surface area contributed by atoms with E-state index in [2.05, 4.69) is 0 Å². The molecule has 296 valence electrons. The summed E-state index contributed by atoms with van der Waals surface area (Å²) in [6.07, 6.45) is 5.99. The van der Waals surface area contributed by atoms with Crippen LogP contribution in [0.25, 0.3) is 12.2 Å². The van der Waals surface area contributed by atoms with Crippen LogP contribution in [-0.2, 0) is 24.6 Å². The summed E-state index contributed by atoms with van der Waals surface area (Å²) in [4.78, 5) is 61.7. The largest absolute Gasteiger partial charge is 0.505 e. The maximum atomic E-state index is 15.4. The Balaban J connectivity index is 1.12. The van der Waals surface area contributed by atoms with Crippen molar-refractivity contribution >= 4 is 58.8 Å². The highest BCUT2D eigenvalue weighted by atomic mass is 35.5. The van der Waals surface area contributed by atoms with Crippen LogP contribution in [0, 0.1) is 29.5 Å². The van der Waals surface area contributed by atoms with Crippen LogP contribution < -0.4 is 19.3 Å². The number of phenols is 1. The van der Waals surface area contributed by atoms with Gasteiger partial charge in [-0.15, -0.1) is 0 Å². The van der Waals surface area contributed by atoms with Crippen molar-refractivity contribution in [2.75, 3.05) is 24.0 Å². The molecule has 11 heteroatoms. The molecule has 2 heterocycles. The van der Waals surface area contributed by atoms with E-state index in [1.54, 1.807) is 80.9 Å². The standard InChI is InChI=1S/C48H38ClFN2O7/c1-58-34-18-22-41(59-2)28(23-34)14-11-27-12-16-32(17-13-27)51-44(54)36-20-19-35-37(42(36)46(51)56)26-38-45(55)52(33-10-6-9-31(49)25-33)47(57)48(38,30-7-4-3-5-8-30)43(35)29-15-21-40(53)39(50)24-29/h3-19,21-25,36-38,42-43,53H,20,26H2,1-2H3. The van der Waals surface area contributed by atoms with Crippen molar-refractivity contribution in [1.29, 1.82) is 0 Å². The van der Waals surface area contributed by atoms with Crippen molar-refractivity contribution in [3.63, 3.8) is 0 Å². The number of nitrogens with zero attached hydrogens (tertiary/aromatic N) is 2. The van der Waals surface area contributed by atoms with Crippen molar-refractivity contribution in [2.45, 2.75) is 24.2 Å². The average Bonchev–Trinajstić information content (AvgIpc) is 3.64. The molecule has 1 saturated carbocycles. The van der Waals surface area contributed by atoms with E-state index >= 15 is 9.18 Å². The highest BCUT2D eigenvalue weighted by Gasteiger charge is 2.70. The zero-order valence-corrected chi connectivity index (χ0v) is 32.8. The summed E-state index contributed by atoms with van der Waals surface area (Å²) in [6.45, 7) is 0. The van der Waals surface area contributed by atoms with Gasteiger partial charge in [0.1, 0.15) is 11.5 Å². The fraction of sp³-hybridized carbons (Fsp3) is 0.208. The molecule has 4 amide bonds. The molecule has 0 spiro atoms. The van der Waals surface area contributed by atoms with Gasteiger partial charge in [0, 0.05) is 16.5 Å². The molecule has 2 aliphatic heterocycles. The molecule has 6 atom stereocenters. The minimum absolute atomic E-state index is 0.0882. The minimum Gasteiger partial charge on any atom is -0.505 e. The van der Waals surface area contributed by atoms with E-state index in [-0.39, 0.29) is 18.7 Å². The molecular weight excluding hydrogens is 771 g/mol. The van der Waals surface area contributed by atoms with Gasteiger partial charge >= 0.3 is 0 Å². The van der Waals surface area contributed by atoms with Gasteiger partial charge in [-0.2, -0.15) is 0 Å². The van der Waals surface area contributed by atoms with Crippen LogP contribution in [0.5, 0.6) is 17.2 Å². The zero-order valence-electron chi connectivity index (χ0n) is 32.0. The fourth-order valence-electron chi connectivity index (χ4n) is 9.97. The smallest absolute Gasteiger partial charge is 0.246 e.